The second kappa shape index (κ2) is 13.6. The number of hydrogen-bond acceptors (Lipinski definition) is 6. The SMILES string of the molecule is CCN(Cc1ccc(OCCN2C(C)(C)CCCC2(C)C)cc1)C1C=C(OC)C(OC)=CC1[C@@H]1CCc2cc(O)ccc2C1. The third-order valence-corrected chi connectivity index (χ3v) is 10.5. The highest BCUT2D eigenvalue weighted by molar-refractivity contribution is 5.38. The highest BCUT2D eigenvalue weighted by atomic mass is 16.5. The normalized spacial score (nSPS) is 24.7. The van der Waals surface area contributed by atoms with Gasteiger partial charge in [-0.2, -0.15) is 0 Å². The van der Waals surface area contributed by atoms with Crippen LogP contribution in [0.2, 0.25) is 0 Å². The van der Waals surface area contributed by atoms with E-state index in [0.717, 1.165) is 56.2 Å². The summed E-state index contributed by atoms with van der Waals surface area (Å²) in [6.07, 6.45) is 11.4. The number of fused-ring (bicyclic) bond motifs is 1. The van der Waals surface area contributed by atoms with Crippen LogP contribution in [0.5, 0.6) is 11.5 Å². The quantitative estimate of drug-likeness (QED) is 0.288. The number of aromatic hydroxyl groups is 1. The van der Waals surface area contributed by atoms with Gasteiger partial charge in [0.05, 0.1) is 14.2 Å². The minimum Gasteiger partial charge on any atom is -0.508 e. The Hall–Kier alpha value is -2.96. The van der Waals surface area contributed by atoms with Gasteiger partial charge in [0, 0.05) is 36.1 Å². The molecule has 44 heavy (non-hydrogen) atoms. The molecule has 1 aliphatic heterocycles. The first-order chi connectivity index (χ1) is 21.0. The summed E-state index contributed by atoms with van der Waals surface area (Å²) in [7, 11) is 3.45. The van der Waals surface area contributed by atoms with Crippen LogP contribution in [0.25, 0.3) is 0 Å². The van der Waals surface area contributed by atoms with Crippen LogP contribution in [-0.2, 0) is 28.9 Å². The number of rotatable bonds is 11. The molecule has 0 spiro atoms. The Morgan fingerprint density at radius 1 is 0.909 bits per heavy atom. The second-order valence-electron chi connectivity index (χ2n) is 14.2. The summed E-state index contributed by atoms with van der Waals surface area (Å²) >= 11 is 0. The number of methoxy groups -OCH3 is 2. The third kappa shape index (κ3) is 7.13. The Morgan fingerprint density at radius 2 is 1.59 bits per heavy atom. The van der Waals surface area contributed by atoms with Crippen molar-refractivity contribution >= 4 is 0 Å². The van der Waals surface area contributed by atoms with Crippen LogP contribution in [0.15, 0.2) is 66.1 Å². The summed E-state index contributed by atoms with van der Waals surface area (Å²) in [6.45, 7) is 15.1. The molecule has 6 nitrogen and oxygen atoms in total. The minimum absolute atomic E-state index is 0.185. The van der Waals surface area contributed by atoms with E-state index in [4.69, 9.17) is 14.2 Å². The molecule has 240 valence electrons. The van der Waals surface area contributed by atoms with Crippen molar-refractivity contribution < 1.29 is 19.3 Å². The molecule has 1 saturated heterocycles. The molecular formula is C38H54N2O4. The maximum atomic E-state index is 10.00. The van der Waals surface area contributed by atoms with Crippen LogP contribution in [-0.4, -0.2) is 65.9 Å². The summed E-state index contributed by atoms with van der Waals surface area (Å²) < 4.78 is 17.8. The van der Waals surface area contributed by atoms with Crippen molar-refractivity contribution in [2.75, 3.05) is 33.9 Å². The van der Waals surface area contributed by atoms with Crippen LogP contribution in [0.3, 0.4) is 0 Å². The molecule has 2 unspecified atom stereocenters. The average molecular weight is 603 g/mol. The monoisotopic (exact) mass is 602 g/mol. The van der Waals surface area contributed by atoms with Gasteiger partial charge in [0.2, 0.25) is 0 Å². The number of aryl methyl sites for hydroxylation is 1. The van der Waals surface area contributed by atoms with Gasteiger partial charge in [-0.05, 0) is 132 Å². The third-order valence-electron chi connectivity index (χ3n) is 10.5. The van der Waals surface area contributed by atoms with Crippen LogP contribution < -0.4 is 4.74 Å². The van der Waals surface area contributed by atoms with Crippen molar-refractivity contribution in [3.8, 4) is 11.5 Å². The number of likely N-dealkylation sites (tertiary alicyclic amines) is 1. The number of phenols is 1. The topological polar surface area (TPSA) is 54.4 Å². The number of hydrogen-bond donors (Lipinski definition) is 1. The van der Waals surface area contributed by atoms with E-state index in [0.29, 0.717) is 18.3 Å². The molecular weight excluding hydrogens is 548 g/mol. The fourth-order valence-corrected chi connectivity index (χ4v) is 8.16. The highest BCUT2D eigenvalue weighted by Crippen LogP contribution is 2.40. The predicted molar refractivity (Wildman–Crippen MR) is 178 cm³/mol. The molecule has 1 heterocycles. The van der Waals surface area contributed by atoms with Crippen molar-refractivity contribution in [3.05, 3.63) is 82.8 Å². The lowest BCUT2D eigenvalue weighted by Gasteiger charge is -2.53. The van der Waals surface area contributed by atoms with E-state index < -0.39 is 0 Å². The molecule has 3 aliphatic rings. The van der Waals surface area contributed by atoms with Crippen molar-refractivity contribution in [1.29, 1.82) is 0 Å². The van der Waals surface area contributed by atoms with Gasteiger partial charge in [-0.3, -0.25) is 9.80 Å². The Labute approximate surface area is 265 Å². The molecule has 0 aromatic heterocycles. The Balaban J connectivity index is 1.27. The maximum Gasteiger partial charge on any atom is 0.158 e. The van der Waals surface area contributed by atoms with E-state index in [1.165, 1.54) is 36.0 Å². The van der Waals surface area contributed by atoms with E-state index in [2.05, 4.69) is 86.9 Å². The maximum absolute atomic E-state index is 10.00. The first-order valence-corrected chi connectivity index (χ1v) is 16.6. The first kappa shape index (κ1) is 32.4. The van der Waals surface area contributed by atoms with Gasteiger partial charge >= 0.3 is 0 Å². The molecule has 1 fully saturated rings. The van der Waals surface area contributed by atoms with Crippen LogP contribution in [0.4, 0.5) is 0 Å². The van der Waals surface area contributed by atoms with Gasteiger partial charge in [-0.25, -0.2) is 0 Å². The second-order valence-corrected chi connectivity index (χ2v) is 14.2. The molecule has 2 aromatic rings. The Bertz CT molecular complexity index is 1310. The molecule has 0 amide bonds. The standard InChI is InChI=1S/C38H54N2O4/c1-8-39(26-27-10-16-32(17-11-27)44-21-20-40-37(2,3)18-9-19-38(40,4)5)34-25-36(43-7)35(42-6)24-33(34)30-13-12-29-23-31(41)15-14-28(29)22-30/h10-11,14-17,23-25,30,33-34,41H,8-9,12-13,18-22,26H2,1-7H3/t30-,33?,34?/m1/s1. The Morgan fingerprint density at radius 3 is 2.25 bits per heavy atom. The van der Waals surface area contributed by atoms with E-state index in [9.17, 15) is 5.11 Å². The van der Waals surface area contributed by atoms with Crippen molar-refractivity contribution in [2.24, 2.45) is 11.8 Å². The van der Waals surface area contributed by atoms with E-state index >= 15 is 0 Å². The molecule has 0 radical (unpaired) electrons. The molecule has 2 aromatic carbocycles. The summed E-state index contributed by atoms with van der Waals surface area (Å²) in [4.78, 5) is 5.19. The number of nitrogens with zero attached hydrogens (tertiary/aromatic N) is 2. The predicted octanol–water partition coefficient (Wildman–Crippen LogP) is 7.50. The molecule has 3 atom stereocenters. The number of piperidine rings is 1. The van der Waals surface area contributed by atoms with Crippen LogP contribution in [0.1, 0.15) is 77.0 Å². The van der Waals surface area contributed by atoms with Gasteiger partial charge in [-0.15, -0.1) is 0 Å². The van der Waals surface area contributed by atoms with Gasteiger partial charge in [0.15, 0.2) is 11.5 Å². The molecule has 5 rings (SSSR count). The zero-order chi connectivity index (χ0) is 31.5. The molecule has 6 heteroatoms. The van der Waals surface area contributed by atoms with Gasteiger partial charge in [0.1, 0.15) is 18.1 Å². The van der Waals surface area contributed by atoms with E-state index in [-0.39, 0.29) is 23.0 Å². The molecule has 2 aliphatic carbocycles. The summed E-state index contributed by atoms with van der Waals surface area (Å²) in [5, 5.41) is 10.00. The fraction of sp³-hybridized carbons (Fsp3) is 0.579. The van der Waals surface area contributed by atoms with Crippen molar-refractivity contribution in [2.45, 2.75) is 96.8 Å². The van der Waals surface area contributed by atoms with Crippen molar-refractivity contribution in [3.63, 3.8) is 0 Å². The smallest absolute Gasteiger partial charge is 0.158 e. The number of benzene rings is 2. The summed E-state index contributed by atoms with van der Waals surface area (Å²) in [6, 6.07) is 14.7. The summed E-state index contributed by atoms with van der Waals surface area (Å²) in [5.74, 6) is 3.67. The van der Waals surface area contributed by atoms with E-state index in [1.54, 1.807) is 14.2 Å². The zero-order valence-electron chi connectivity index (χ0n) is 28.1. The minimum atomic E-state index is 0.185. The lowest BCUT2D eigenvalue weighted by Crippen LogP contribution is -2.59. The number of likely N-dealkylation sites (N-methyl/N-ethyl adjacent to an activating group) is 1. The Kier molecular flexibility index (Phi) is 10.0. The number of phenolic OH excluding ortho intramolecular Hbond substituents is 1. The van der Waals surface area contributed by atoms with Crippen molar-refractivity contribution in [1.82, 2.24) is 9.80 Å². The number of ether oxygens (including phenoxy) is 3. The molecule has 1 N–H and O–H groups in total. The lowest BCUT2D eigenvalue weighted by molar-refractivity contribution is -0.0340. The zero-order valence-corrected chi connectivity index (χ0v) is 28.1. The van der Waals surface area contributed by atoms with Gasteiger partial charge in [-0.1, -0.05) is 25.1 Å². The highest BCUT2D eigenvalue weighted by Gasteiger charge is 2.41. The largest absolute Gasteiger partial charge is 0.508 e. The lowest BCUT2D eigenvalue weighted by atomic mass is 9.72. The molecule has 0 bridgehead atoms. The average Bonchev–Trinajstić information content (AvgIpc) is 3.00. The van der Waals surface area contributed by atoms with Crippen LogP contribution in [0, 0.1) is 11.8 Å². The first-order valence-electron chi connectivity index (χ1n) is 16.6. The van der Waals surface area contributed by atoms with Gasteiger partial charge in [0.25, 0.3) is 0 Å². The van der Waals surface area contributed by atoms with E-state index in [1.807, 2.05) is 12.1 Å². The van der Waals surface area contributed by atoms with Gasteiger partial charge < -0.3 is 19.3 Å². The van der Waals surface area contributed by atoms with Crippen LogP contribution >= 0.6 is 0 Å². The fourth-order valence-electron chi connectivity index (χ4n) is 8.16. The molecule has 0 saturated carbocycles. The summed E-state index contributed by atoms with van der Waals surface area (Å²) in [5.41, 5.74) is 4.30.